The monoisotopic (exact) mass is 387 g/mol. The number of nitrogens with two attached hydrogens (primary N) is 1. The van der Waals surface area contributed by atoms with Crippen molar-refractivity contribution >= 4 is 57.2 Å². The molecule has 0 unspecified atom stereocenters. The number of fused-ring (bicyclic) bond motifs is 3. The maximum Gasteiger partial charge on any atom is 0.166 e. The second-order valence-electron chi connectivity index (χ2n) is 5.59. The number of imidazole rings is 1. The van der Waals surface area contributed by atoms with E-state index in [9.17, 15) is 0 Å². The van der Waals surface area contributed by atoms with E-state index in [4.69, 9.17) is 28.9 Å². The first-order valence-electron chi connectivity index (χ1n) is 7.95. The summed E-state index contributed by atoms with van der Waals surface area (Å²) >= 11 is 12.5. The first kappa shape index (κ1) is 16.8. The van der Waals surface area contributed by atoms with Gasteiger partial charge in [-0.25, -0.2) is 15.0 Å². The van der Waals surface area contributed by atoms with E-state index >= 15 is 0 Å². The van der Waals surface area contributed by atoms with Gasteiger partial charge in [0.2, 0.25) is 0 Å². The van der Waals surface area contributed by atoms with Crippen molar-refractivity contribution < 1.29 is 0 Å². The number of benzene rings is 1. The van der Waals surface area contributed by atoms with E-state index in [2.05, 4.69) is 25.6 Å². The summed E-state index contributed by atoms with van der Waals surface area (Å²) in [5.41, 5.74) is 8.29. The average Bonchev–Trinajstić information content (AvgIpc) is 3.13. The molecule has 0 radical (unpaired) electrons. The van der Waals surface area contributed by atoms with Crippen LogP contribution in [-0.2, 0) is 0 Å². The summed E-state index contributed by atoms with van der Waals surface area (Å²) in [7, 11) is 0. The van der Waals surface area contributed by atoms with Gasteiger partial charge >= 0.3 is 0 Å². The number of nitrogens with zero attached hydrogens (tertiary/aromatic N) is 4. The lowest BCUT2D eigenvalue weighted by atomic mass is 10.3. The Morgan fingerprint density at radius 3 is 2.65 bits per heavy atom. The third-order valence-corrected chi connectivity index (χ3v) is 4.48. The van der Waals surface area contributed by atoms with E-state index < -0.39 is 0 Å². The standard InChI is InChI=1S/C17H15Cl2N7/c18-10-2-1-3-11(19)15(10)25-16-13-8-21-9-26(13)17-12(23-16)4-5-14(24-17)22-7-6-20/h1-5,8-9H,6-7,20H2,(H,22,24)(H,23,25). The predicted molar refractivity (Wildman–Crippen MR) is 106 cm³/mol. The van der Waals surface area contributed by atoms with E-state index in [-0.39, 0.29) is 0 Å². The molecular formula is C17H15Cl2N7. The Morgan fingerprint density at radius 1 is 1.08 bits per heavy atom. The zero-order chi connectivity index (χ0) is 18.1. The number of pyridine rings is 1. The van der Waals surface area contributed by atoms with Crippen molar-refractivity contribution in [3.63, 3.8) is 0 Å². The van der Waals surface area contributed by atoms with Gasteiger partial charge in [-0.15, -0.1) is 0 Å². The van der Waals surface area contributed by atoms with Crippen LogP contribution in [0.5, 0.6) is 0 Å². The second kappa shape index (κ2) is 6.95. The molecule has 4 aromatic rings. The zero-order valence-electron chi connectivity index (χ0n) is 13.6. The summed E-state index contributed by atoms with van der Waals surface area (Å²) in [6, 6.07) is 9.07. The fourth-order valence-electron chi connectivity index (χ4n) is 2.65. The molecule has 7 nitrogen and oxygen atoms in total. The zero-order valence-corrected chi connectivity index (χ0v) is 15.1. The summed E-state index contributed by atoms with van der Waals surface area (Å²) in [6.45, 7) is 1.17. The number of halogens is 2. The molecule has 0 saturated carbocycles. The summed E-state index contributed by atoms with van der Waals surface area (Å²) in [6.07, 6.45) is 3.40. The largest absolute Gasteiger partial charge is 0.369 e. The van der Waals surface area contributed by atoms with Crippen molar-refractivity contribution in [1.82, 2.24) is 19.4 Å². The molecule has 0 aliphatic rings. The number of para-hydroxylation sites is 1. The van der Waals surface area contributed by atoms with Crippen LogP contribution >= 0.6 is 23.2 Å². The normalized spacial score (nSPS) is 11.2. The van der Waals surface area contributed by atoms with Gasteiger partial charge in [0.05, 0.1) is 21.9 Å². The number of anilines is 3. The lowest BCUT2D eigenvalue weighted by molar-refractivity contribution is 1.01. The minimum absolute atomic E-state index is 0.511. The van der Waals surface area contributed by atoms with Gasteiger partial charge in [-0.05, 0) is 24.3 Å². The van der Waals surface area contributed by atoms with Gasteiger partial charge in [-0.3, -0.25) is 4.40 Å². The van der Waals surface area contributed by atoms with Crippen molar-refractivity contribution in [2.75, 3.05) is 23.7 Å². The molecule has 26 heavy (non-hydrogen) atoms. The molecule has 9 heteroatoms. The van der Waals surface area contributed by atoms with Gasteiger partial charge in [0.25, 0.3) is 0 Å². The summed E-state index contributed by atoms with van der Waals surface area (Å²) in [5, 5.41) is 7.40. The van der Waals surface area contributed by atoms with Crippen LogP contribution in [0.15, 0.2) is 42.9 Å². The van der Waals surface area contributed by atoms with E-state index in [1.54, 1.807) is 30.7 Å². The highest BCUT2D eigenvalue weighted by molar-refractivity contribution is 6.39. The third-order valence-electron chi connectivity index (χ3n) is 3.85. The van der Waals surface area contributed by atoms with Gasteiger partial charge in [0, 0.05) is 13.1 Å². The highest BCUT2D eigenvalue weighted by atomic mass is 35.5. The van der Waals surface area contributed by atoms with Crippen LogP contribution in [-0.4, -0.2) is 32.4 Å². The molecule has 0 aliphatic heterocycles. The summed E-state index contributed by atoms with van der Waals surface area (Å²) in [4.78, 5) is 13.5. The second-order valence-corrected chi connectivity index (χ2v) is 6.40. The maximum atomic E-state index is 6.26. The van der Waals surface area contributed by atoms with Crippen molar-refractivity contribution in [1.29, 1.82) is 0 Å². The van der Waals surface area contributed by atoms with E-state index in [1.165, 1.54) is 0 Å². The Morgan fingerprint density at radius 2 is 1.88 bits per heavy atom. The number of nitrogens with one attached hydrogen (secondary N) is 2. The lowest BCUT2D eigenvalue weighted by Crippen LogP contribution is -2.14. The van der Waals surface area contributed by atoms with Gasteiger partial charge in [0.15, 0.2) is 11.5 Å². The molecule has 0 amide bonds. The molecule has 0 saturated heterocycles. The quantitative estimate of drug-likeness (QED) is 0.483. The molecule has 0 atom stereocenters. The molecule has 1 aromatic carbocycles. The average molecular weight is 388 g/mol. The molecule has 3 heterocycles. The summed E-state index contributed by atoms with van der Waals surface area (Å²) < 4.78 is 1.86. The van der Waals surface area contributed by atoms with Gasteiger partial charge in [0.1, 0.15) is 23.2 Å². The van der Waals surface area contributed by atoms with Gasteiger partial charge in [-0.2, -0.15) is 0 Å². The number of hydrogen-bond donors (Lipinski definition) is 3. The minimum atomic E-state index is 0.511. The van der Waals surface area contributed by atoms with E-state index in [0.29, 0.717) is 45.8 Å². The fourth-order valence-corrected chi connectivity index (χ4v) is 3.14. The van der Waals surface area contributed by atoms with Crippen LogP contribution in [0.2, 0.25) is 10.0 Å². The van der Waals surface area contributed by atoms with Crippen LogP contribution < -0.4 is 16.4 Å². The molecule has 0 fully saturated rings. The Kier molecular flexibility index (Phi) is 4.50. The van der Waals surface area contributed by atoms with Crippen molar-refractivity contribution in [3.8, 4) is 0 Å². The Bertz CT molecular complexity index is 1070. The molecule has 4 rings (SSSR count). The maximum absolute atomic E-state index is 6.26. The molecule has 132 valence electrons. The van der Waals surface area contributed by atoms with E-state index in [0.717, 1.165) is 11.3 Å². The van der Waals surface area contributed by atoms with Gasteiger partial charge in [-0.1, -0.05) is 29.3 Å². The SMILES string of the molecule is NCCNc1ccc2nc(Nc3c(Cl)cccc3Cl)c3cncn3c2n1. The molecule has 3 aromatic heterocycles. The summed E-state index contributed by atoms with van der Waals surface area (Å²) in [5.74, 6) is 1.32. The van der Waals surface area contributed by atoms with Crippen LogP contribution in [0.1, 0.15) is 0 Å². The van der Waals surface area contributed by atoms with Crippen LogP contribution in [0.3, 0.4) is 0 Å². The fraction of sp³-hybridized carbons (Fsp3) is 0.118. The lowest BCUT2D eigenvalue weighted by Gasteiger charge is -2.13. The number of hydrogen-bond acceptors (Lipinski definition) is 6. The number of rotatable bonds is 5. The van der Waals surface area contributed by atoms with Gasteiger partial charge < -0.3 is 16.4 Å². The molecule has 4 N–H and O–H groups in total. The number of aromatic nitrogens is 4. The molecular weight excluding hydrogens is 373 g/mol. The Balaban J connectivity index is 1.84. The smallest absolute Gasteiger partial charge is 0.166 e. The van der Waals surface area contributed by atoms with Crippen molar-refractivity contribution in [3.05, 3.63) is 52.9 Å². The first-order valence-corrected chi connectivity index (χ1v) is 8.71. The minimum Gasteiger partial charge on any atom is -0.369 e. The Hall–Kier alpha value is -2.61. The molecule has 0 aliphatic carbocycles. The van der Waals surface area contributed by atoms with E-state index in [1.807, 2.05) is 16.5 Å². The third kappa shape index (κ3) is 3.01. The van der Waals surface area contributed by atoms with Crippen LogP contribution in [0.4, 0.5) is 17.3 Å². The highest BCUT2D eigenvalue weighted by Crippen LogP contribution is 2.33. The Labute approximate surface area is 159 Å². The first-order chi connectivity index (χ1) is 12.7. The molecule has 0 spiro atoms. The highest BCUT2D eigenvalue weighted by Gasteiger charge is 2.13. The van der Waals surface area contributed by atoms with Crippen LogP contribution in [0.25, 0.3) is 16.7 Å². The topological polar surface area (TPSA) is 93.2 Å². The van der Waals surface area contributed by atoms with Crippen molar-refractivity contribution in [2.24, 2.45) is 5.73 Å². The predicted octanol–water partition coefficient (Wildman–Crippen LogP) is 3.70. The molecule has 0 bridgehead atoms. The van der Waals surface area contributed by atoms with Crippen LogP contribution in [0, 0.1) is 0 Å². The van der Waals surface area contributed by atoms with Crippen molar-refractivity contribution in [2.45, 2.75) is 0 Å².